The van der Waals surface area contributed by atoms with Gasteiger partial charge in [-0.3, -0.25) is 4.79 Å². The Bertz CT molecular complexity index is 651. The molecule has 126 valence electrons. The Labute approximate surface area is 142 Å². The number of nitrogens with zero attached hydrogens (tertiary/aromatic N) is 4. The van der Waals surface area contributed by atoms with Crippen molar-refractivity contribution in [2.24, 2.45) is 0 Å². The van der Waals surface area contributed by atoms with E-state index in [4.69, 9.17) is 0 Å². The number of piperazine rings is 1. The van der Waals surface area contributed by atoms with E-state index in [0.717, 1.165) is 38.4 Å². The summed E-state index contributed by atoms with van der Waals surface area (Å²) in [6.45, 7) is 4.50. The topological polar surface area (TPSA) is 61.4 Å². The Morgan fingerprint density at radius 3 is 2.50 bits per heavy atom. The predicted molar refractivity (Wildman–Crippen MR) is 94.2 cm³/mol. The first-order valence-corrected chi connectivity index (χ1v) is 8.30. The Morgan fingerprint density at radius 2 is 1.83 bits per heavy atom. The summed E-state index contributed by atoms with van der Waals surface area (Å²) in [5.74, 6) is 0.660. The van der Waals surface area contributed by atoms with Crippen LogP contribution in [-0.4, -0.2) is 60.5 Å². The quantitative estimate of drug-likeness (QED) is 0.895. The maximum Gasteiger partial charge on any atom is 0.271 e. The molecule has 24 heavy (non-hydrogen) atoms. The van der Waals surface area contributed by atoms with Gasteiger partial charge in [-0.1, -0.05) is 30.3 Å². The van der Waals surface area contributed by atoms with E-state index >= 15 is 0 Å². The number of hydrogen-bond acceptors (Lipinski definition) is 5. The second kappa shape index (κ2) is 7.88. The van der Waals surface area contributed by atoms with Crippen molar-refractivity contribution in [3.8, 4) is 0 Å². The van der Waals surface area contributed by atoms with Crippen molar-refractivity contribution in [3.05, 3.63) is 54.0 Å². The molecule has 1 N–H and O–H groups in total. The lowest BCUT2D eigenvalue weighted by Crippen LogP contribution is -2.44. The number of nitrogens with one attached hydrogen (secondary N) is 1. The van der Waals surface area contributed by atoms with Crippen LogP contribution in [0.2, 0.25) is 0 Å². The molecule has 1 aromatic heterocycles. The average molecular weight is 325 g/mol. The molecule has 0 bridgehead atoms. The van der Waals surface area contributed by atoms with Gasteiger partial charge in [-0.05, 0) is 19.0 Å². The van der Waals surface area contributed by atoms with Crippen LogP contribution in [-0.2, 0) is 6.42 Å². The Hall–Kier alpha value is -2.47. The van der Waals surface area contributed by atoms with Gasteiger partial charge in [0.05, 0.1) is 12.4 Å². The lowest BCUT2D eigenvalue weighted by molar-refractivity contribution is 0.0949. The Morgan fingerprint density at radius 1 is 1.08 bits per heavy atom. The van der Waals surface area contributed by atoms with Gasteiger partial charge in [0.2, 0.25) is 0 Å². The van der Waals surface area contributed by atoms with Crippen molar-refractivity contribution in [1.82, 2.24) is 20.2 Å². The summed E-state index contributed by atoms with van der Waals surface area (Å²) in [6, 6.07) is 10.1. The van der Waals surface area contributed by atoms with Crippen LogP contribution in [0.5, 0.6) is 0 Å². The average Bonchev–Trinajstić information content (AvgIpc) is 2.63. The van der Waals surface area contributed by atoms with Crippen LogP contribution in [0.3, 0.4) is 0 Å². The molecule has 2 heterocycles. The lowest BCUT2D eigenvalue weighted by Gasteiger charge is -2.32. The smallest absolute Gasteiger partial charge is 0.271 e. The number of carbonyl (C=O) groups excluding carboxylic acids is 1. The molecule has 0 atom stereocenters. The summed E-state index contributed by atoms with van der Waals surface area (Å²) in [7, 11) is 2.12. The number of hydrogen-bond donors (Lipinski definition) is 1. The first-order chi connectivity index (χ1) is 11.7. The highest BCUT2D eigenvalue weighted by atomic mass is 16.1. The molecule has 2 aromatic rings. The van der Waals surface area contributed by atoms with Crippen LogP contribution in [0, 0.1) is 0 Å². The zero-order valence-corrected chi connectivity index (χ0v) is 14.0. The lowest BCUT2D eigenvalue weighted by atomic mass is 10.1. The molecular weight excluding hydrogens is 302 g/mol. The zero-order valence-electron chi connectivity index (χ0n) is 14.0. The molecule has 0 unspecified atom stereocenters. The van der Waals surface area contributed by atoms with Gasteiger partial charge in [0.25, 0.3) is 5.91 Å². The van der Waals surface area contributed by atoms with Gasteiger partial charge < -0.3 is 15.1 Å². The minimum atomic E-state index is -0.177. The van der Waals surface area contributed by atoms with Gasteiger partial charge in [-0.25, -0.2) is 9.97 Å². The minimum absolute atomic E-state index is 0.177. The number of carbonyl (C=O) groups is 1. The monoisotopic (exact) mass is 325 g/mol. The molecule has 6 nitrogen and oxygen atoms in total. The van der Waals surface area contributed by atoms with E-state index in [-0.39, 0.29) is 5.91 Å². The molecule has 0 spiro atoms. The van der Waals surface area contributed by atoms with E-state index in [1.54, 1.807) is 12.4 Å². The highest BCUT2D eigenvalue weighted by molar-refractivity contribution is 5.92. The second-order valence-corrected chi connectivity index (χ2v) is 6.04. The fraction of sp³-hybridized carbons (Fsp3) is 0.389. The molecule has 1 aliphatic rings. The molecule has 0 radical (unpaired) electrons. The van der Waals surface area contributed by atoms with Crippen molar-refractivity contribution in [2.75, 3.05) is 44.7 Å². The maximum atomic E-state index is 12.1. The van der Waals surface area contributed by atoms with Crippen molar-refractivity contribution in [1.29, 1.82) is 0 Å². The number of anilines is 1. The molecule has 6 heteroatoms. The number of benzene rings is 1. The summed E-state index contributed by atoms with van der Waals surface area (Å²) in [5.41, 5.74) is 1.57. The fourth-order valence-corrected chi connectivity index (χ4v) is 2.69. The van der Waals surface area contributed by atoms with E-state index < -0.39 is 0 Å². The first-order valence-electron chi connectivity index (χ1n) is 8.30. The second-order valence-electron chi connectivity index (χ2n) is 6.04. The third-order valence-electron chi connectivity index (χ3n) is 4.24. The van der Waals surface area contributed by atoms with E-state index in [9.17, 15) is 4.79 Å². The van der Waals surface area contributed by atoms with E-state index in [2.05, 4.69) is 44.3 Å². The third-order valence-corrected chi connectivity index (χ3v) is 4.24. The zero-order chi connectivity index (χ0) is 16.8. The normalized spacial score (nSPS) is 15.3. The molecule has 1 fully saturated rings. The van der Waals surface area contributed by atoms with Crippen LogP contribution in [0.4, 0.5) is 5.82 Å². The molecular formula is C18H23N5O. The number of aromatic nitrogens is 2. The predicted octanol–water partition coefficient (Wildman–Crippen LogP) is 1.20. The maximum absolute atomic E-state index is 12.1. The summed E-state index contributed by atoms with van der Waals surface area (Å²) < 4.78 is 0. The summed E-state index contributed by atoms with van der Waals surface area (Å²) in [5, 5.41) is 2.89. The van der Waals surface area contributed by atoms with Gasteiger partial charge in [-0.15, -0.1) is 0 Å². The van der Waals surface area contributed by atoms with Gasteiger partial charge in [0.1, 0.15) is 11.5 Å². The Kier molecular flexibility index (Phi) is 5.38. The highest BCUT2D eigenvalue weighted by Crippen LogP contribution is 2.11. The minimum Gasteiger partial charge on any atom is -0.353 e. The summed E-state index contributed by atoms with van der Waals surface area (Å²) in [4.78, 5) is 25.3. The van der Waals surface area contributed by atoms with Gasteiger partial charge in [0, 0.05) is 32.7 Å². The van der Waals surface area contributed by atoms with Gasteiger partial charge in [0.15, 0.2) is 0 Å². The van der Waals surface area contributed by atoms with Crippen molar-refractivity contribution in [3.63, 3.8) is 0 Å². The van der Waals surface area contributed by atoms with Crippen LogP contribution < -0.4 is 10.2 Å². The molecule has 1 saturated heterocycles. The first kappa shape index (κ1) is 16.4. The van der Waals surface area contributed by atoms with Gasteiger partial charge in [-0.2, -0.15) is 0 Å². The van der Waals surface area contributed by atoms with Crippen molar-refractivity contribution in [2.45, 2.75) is 6.42 Å². The number of rotatable bonds is 5. The van der Waals surface area contributed by atoms with Crippen molar-refractivity contribution >= 4 is 11.7 Å². The number of amides is 1. The van der Waals surface area contributed by atoms with E-state index in [1.807, 2.05) is 18.2 Å². The molecule has 1 aromatic carbocycles. The fourth-order valence-electron chi connectivity index (χ4n) is 2.69. The van der Waals surface area contributed by atoms with Crippen LogP contribution in [0.15, 0.2) is 42.7 Å². The van der Waals surface area contributed by atoms with E-state index in [0.29, 0.717) is 12.2 Å². The molecule has 0 aliphatic carbocycles. The van der Waals surface area contributed by atoms with Gasteiger partial charge >= 0.3 is 0 Å². The third kappa shape index (κ3) is 4.29. The van der Waals surface area contributed by atoms with Crippen LogP contribution in [0.25, 0.3) is 0 Å². The molecule has 0 saturated carbocycles. The molecule has 1 aliphatic heterocycles. The molecule has 3 rings (SSSR count). The Balaban J connectivity index is 1.50. The van der Waals surface area contributed by atoms with Crippen LogP contribution in [0.1, 0.15) is 16.1 Å². The SMILES string of the molecule is CN1CCN(c2cnc(C(=O)NCCc3ccccc3)cn2)CC1. The number of likely N-dealkylation sites (N-methyl/N-ethyl adjacent to an activating group) is 1. The largest absolute Gasteiger partial charge is 0.353 e. The molecule has 1 amide bonds. The van der Waals surface area contributed by atoms with Crippen molar-refractivity contribution < 1.29 is 4.79 Å². The summed E-state index contributed by atoms with van der Waals surface area (Å²) >= 11 is 0. The highest BCUT2D eigenvalue weighted by Gasteiger charge is 2.16. The summed E-state index contributed by atoms with van der Waals surface area (Å²) in [6.07, 6.45) is 4.06. The van der Waals surface area contributed by atoms with E-state index in [1.165, 1.54) is 5.56 Å². The standard InChI is InChI=1S/C18H23N5O/c1-22-9-11-23(12-10-22)17-14-20-16(13-21-17)18(24)19-8-7-15-5-3-2-4-6-15/h2-6,13-14H,7-12H2,1H3,(H,19,24). The van der Waals surface area contributed by atoms with Crippen LogP contribution >= 0.6 is 0 Å².